The molecule has 0 saturated heterocycles. The molecule has 1 heterocycles. The summed E-state index contributed by atoms with van der Waals surface area (Å²) in [5, 5.41) is 13.1. The van der Waals surface area contributed by atoms with Crippen molar-refractivity contribution in [3.8, 4) is 12.3 Å². The lowest BCUT2D eigenvalue weighted by Crippen LogP contribution is -2.26. The quantitative estimate of drug-likeness (QED) is 0.351. The smallest absolute Gasteiger partial charge is 0.323 e. The maximum atomic E-state index is 11.6. The average molecular weight is 221 g/mol. The predicted molar refractivity (Wildman–Crippen MR) is 57.9 cm³/mol. The molecule has 1 aromatic heterocycles. The molecule has 84 valence electrons. The van der Waals surface area contributed by atoms with Crippen molar-refractivity contribution in [3.05, 3.63) is 27.9 Å². The van der Waals surface area contributed by atoms with Crippen LogP contribution in [0.3, 0.4) is 0 Å². The number of nitro groups is 1. The van der Waals surface area contributed by atoms with Crippen LogP contribution >= 0.6 is 0 Å². The third-order valence-electron chi connectivity index (χ3n) is 2.07. The van der Waals surface area contributed by atoms with E-state index in [0.717, 1.165) is 0 Å². The Kier molecular flexibility index (Phi) is 3.67. The van der Waals surface area contributed by atoms with Gasteiger partial charge < -0.3 is 15.4 Å². The van der Waals surface area contributed by atoms with E-state index in [4.69, 9.17) is 6.42 Å². The van der Waals surface area contributed by atoms with Gasteiger partial charge in [0.15, 0.2) is 5.69 Å². The summed E-state index contributed by atoms with van der Waals surface area (Å²) in [6, 6.07) is 2.69. The minimum Gasteiger partial charge on any atom is -0.358 e. The van der Waals surface area contributed by atoms with Gasteiger partial charge in [-0.25, -0.2) is 4.57 Å². The van der Waals surface area contributed by atoms with Gasteiger partial charge >= 0.3 is 5.82 Å². The zero-order valence-corrected chi connectivity index (χ0v) is 8.77. The maximum absolute atomic E-state index is 11.6. The molecule has 6 nitrogen and oxygen atoms in total. The lowest BCUT2D eigenvalue weighted by Gasteiger charge is -2.01. The largest absolute Gasteiger partial charge is 0.358 e. The Balaban J connectivity index is 2.78. The van der Waals surface area contributed by atoms with Crippen molar-refractivity contribution in [2.45, 2.75) is 6.42 Å². The second-order valence-electron chi connectivity index (χ2n) is 3.10. The van der Waals surface area contributed by atoms with Crippen LogP contribution in [-0.4, -0.2) is 21.9 Å². The highest BCUT2D eigenvalue weighted by Crippen LogP contribution is 2.14. The van der Waals surface area contributed by atoms with Crippen molar-refractivity contribution in [1.29, 1.82) is 0 Å². The van der Waals surface area contributed by atoms with E-state index in [-0.39, 0.29) is 17.4 Å². The monoisotopic (exact) mass is 221 g/mol. The van der Waals surface area contributed by atoms with E-state index in [1.54, 1.807) is 0 Å². The molecule has 0 radical (unpaired) electrons. The fourth-order valence-corrected chi connectivity index (χ4v) is 1.25. The lowest BCUT2D eigenvalue weighted by atomic mass is 10.3. The van der Waals surface area contributed by atoms with Crippen molar-refractivity contribution < 1.29 is 9.72 Å². The Morgan fingerprint density at radius 1 is 1.69 bits per heavy atom. The molecule has 1 N–H and O–H groups in total. The number of carbonyl (C=O) groups is 1. The predicted octanol–water partition coefficient (Wildman–Crippen LogP) is 0.686. The fraction of sp³-hybridized carbons (Fsp3) is 0.300. The van der Waals surface area contributed by atoms with Crippen molar-refractivity contribution in [2.75, 3.05) is 6.54 Å². The Hall–Kier alpha value is -2.29. The van der Waals surface area contributed by atoms with E-state index in [0.29, 0.717) is 13.0 Å². The zero-order chi connectivity index (χ0) is 12.1. The van der Waals surface area contributed by atoms with Gasteiger partial charge in [0, 0.05) is 19.0 Å². The number of hydrogen-bond acceptors (Lipinski definition) is 3. The average Bonchev–Trinajstić information content (AvgIpc) is 2.60. The van der Waals surface area contributed by atoms with Crippen LogP contribution in [0.1, 0.15) is 16.9 Å². The first-order valence-corrected chi connectivity index (χ1v) is 4.59. The summed E-state index contributed by atoms with van der Waals surface area (Å²) in [6.07, 6.45) is 5.46. The summed E-state index contributed by atoms with van der Waals surface area (Å²) in [5.41, 5.74) is 0.240. The fourth-order valence-electron chi connectivity index (χ4n) is 1.25. The van der Waals surface area contributed by atoms with Gasteiger partial charge in [-0.05, 0) is 11.0 Å². The standard InChI is InChI=1S/C10H11N3O3/c1-3-4-7-11-10(14)8-5-6-9(12(8)2)13(15)16/h1,5-6H,4,7H2,2H3,(H,11,14). The minimum absolute atomic E-state index is 0.123. The van der Waals surface area contributed by atoms with Crippen LogP contribution in [0.2, 0.25) is 0 Å². The first-order valence-electron chi connectivity index (χ1n) is 4.59. The molecule has 6 heteroatoms. The molecule has 0 aromatic carbocycles. The van der Waals surface area contributed by atoms with Crippen molar-refractivity contribution in [1.82, 2.24) is 9.88 Å². The molecule has 1 aromatic rings. The minimum atomic E-state index is -0.543. The second kappa shape index (κ2) is 4.98. The van der Waals surface area contributed by atoms with Crippen LogP contribution in [0.5, 0.6) is 0 Å². The first-order chi connectivity index (χ1) is 7.57. The second-order valence-corrected chi connectivity index (χ2v) is 3.10. The van der Waals surface area contributed by atoms with Gasteiger partial charge in [0.05, 0.1) is 7.05 Å². The summed E-state index contributed by atoms with van der Waals surface area (Å²) >= 11 is 0. The molecule has 0 atom stereocenters. The van der Waals surface area contributed by atoms with Crippen molar-refractivity contribution >= 4 is 11.7 Å². The van der Waals surface area contributed by atoms with Crippen LogP contribution in [0.15, 0.2) is 12.1 Å². The summed E-state index contributed by atoms with van der Waals surface area (Å²) < 4.78 is 1.23. The summed E-state index contributed by atoms with van der Waals surface area (Å²) in [5.74, 6) is 1.89. The molecule has 0 saturated carbocycles. The Morgan fingerprint density at radius 2 is 2.38 bits per heavy atom. The number of rotatable bonds is 4. The Bertz CT molecular complexity index is 456. The van der Waals surface area contributed by atoms with Gasteiger partial charge in [-0.1, -0.05) is 0 Å². The van der Waals surface area contributed by atoms with Gasteiger partial charge in [-0.15, -0.1) is 12.3 Å². The molecule has 0 aliphatic carbocycles. The van der Waals surface area contributed by atoms with E-state index >= 15 is 0 Å². The third-order valence-corrected chi connectivity index (χ3v) is 2.07. The number of aromatic nitrogens is 1. The summed E-state index contributed by atoms with van der Waals surface area (Å²) in [7, 11) is 1.47. The van der Waals surface area contributed by atoms with Crippen molar-refractivity contribution in [2.24, 2.45) is 7.05 Å². The highest BCUT2D eigenvalue weighted by Gasteiger charge is 2.19. The number of carbonyl (C=O) groups excluding carboxylic acids is 1. The number of terminal acetylenes is 1. The molecule has 0 aliphatic heterocycles. The molecule has 0 spiro atoms. The number of hydrogen-bond donors (Lipinski definition) is 1. The van der Waals surface area contributed by atoms with E-state index in [9.17, 15) is 14.9 Å². The van der Waals surface area contributed by atoms with Crippen LogP contribution < -0.4 is 5.32 Å². The highest BCUT2D eigenvalue weighted by molar-refractivity contribution is 5.93. The number of amides is 1. The van der Waals surface area contributed by atoms with E-state index in [1.807, 2.05) is 0 Å². The Labute approximate surface area is 92.4 Å². The molecule has 0 fully saturated rings. The third kappa shape index (κ3) is 2.39. The molecular weight excluding hydrogens is 210 g/mol. The van der Waals surface area contributed by atoms with Crippen molar-refractivity contribution in [3.63, 3.8) is 0 Å². The molecule has 1 amide bonds. The van der Waals surface area contributed by atoms with Gasteiger partial charge in [0.25, 0.3) is 5.91 Å². The molecule has 16 heavy (non-hydrogen) atoms. The maximum Gasteiger partial charge on any atom is 0.323 e. The molecule has 0 unspecified atom stereocenters. The zero-order valence-electron chi connectivity index (χ0n) is 8.77. The number of nitrogens with one attached hydrogen (secondary N) is 1. The molecule has 1 rings (SSSR count). The van der Waals surface area contributed by atoms with Gasteiger partial charge in [0.1, 0.15) is 0 Å². The van der Waals surface area contributed by atoms with Gasteiger partial charge in [-0.3, -0.25) is 4.79 Å². The molecule has 0 aliphatic rings. The van der Waals surface area contributed by atoms with Crippen LogP contribution in [0, 0.1) is 22.5 Å². The first kappa shape index (κ1) is 11.8. The lowest BCUT2D eigenvalue weighted by molar-refractivity contribution is -0.391. The number of nitrogens with zero attached hydrogens (tertiary/aromatic N) is 2. The summed E-state index contributed by atoms with van der Waals surface area (Å²) in [4.78, 5) is 21.6. The Morgan fingerprint density at radius 3 is 2.88 bits per heavy atom. The molecular formula is C10H11N3O3. The van der Waals surface area contributed by atoms with Crippen LogP contribution in [0.4, 0.5) is 5.82 Å². The van der Waals surface area contributed by atoms with E-state index in [2.05, 4.69) is 11.2 Å². The van der Waals surface area contributed by atoms with Gasteiger partial charge in [-0.2, -0.15) is 0 Å². The van der Waals surface area contributed by atoms with Gasteiger partial charge in [0.2, 0.25) is 0 Å². The SMILES string of the molecule is C#CCCNC(=O)c1ccc([N+](=O)[O-])n1C. The van der Waals surface area contributed by atoms with Crippen LogP contribution in [0.25, 0.3) is 0 Å². The van der Waals surface area contributed by atoms with E-state index < -0.39 is 4.92 Å². The molecule has 0 bridgehead atoms. The van der Waals surface area contributed by atoms with E-state index in [1.165, 1.54) is 23.7 Å². The topological polar surface area (TPSA) is 77.2 Å². The van der Waals surface area contributed by atoms with Crippen LogP contribution in [-0.2, 0) is 7.05 Å². The summed E-state index contributed by atoms with van der Waals surface area (Å²) in [6.45, 7) is 0.355. The highest BCUT2D eigenvalue weighted by atomic mass is 16.6. The normalized spacial score (nSPS) is 9.50.